The van der Waals surface area contributed by atoms with Crippen LogP contribution in [0.5, 0.6) is 0 Å². The van der Waals surface area contributed by atoms with E-state index in [1.807, 2.05) is 24.3 Å². The lowest BCUT2D eigenvalue weighted by Crippen LogP contribution is -1.78. The van der Waals surface area contributed by atoms with Crippen molar-refractivity contribution in [2.24, 2.45) is 0 Å². The first-order chi connectivity index (χ1) is 7.36. The van der Waals surface area contributed by atoms with Gasteiger partial charge >= 0.3 is 7.65 Å². The van der Waals surface area contributed by atoms with Gasteiger partial charge in [-0.05, 0) is 22.8 Å². The average molecular weight is 216 g/mol. The molecule has 2 heterocycles. The van der Waals surface area contributed by atoms with Gasteiger partial charge in [0.2, 0.25) is 0 Å². The fourth-order valence-electron chi connectivity index (χ4n) is 1.68. The molecule has 2 aromatic heterocycles. The Hall–Kier alpha value is -1.73. The number of rotatable bonds is 0. The average Bonchev–Trinajstić information content (AvgIpc) is 2.29. The van der Waals surface area contributed by atoms with Crippen molar-refractivity contribution in [3.8, 4) is 0 Å². The molecular formula is C11H7NO2P+. The highest BCUT2D eigenvalue weighted by Gasteiger charge is 2.15. The summed E-state index contributed by atoms with van der Waals surface area (Å²) >= 11 is 0. The van der Waals surface area contributed by atoms with Crippen LogP contribution in [0.2, 0.25) is 0 Å². The summed E-state index contributed by atoms with van der Waals surface area (Å²) in [6.45, 7) is 0. The number of hydrogen-bond acceptors (Lipinski definition) is 3. The minimum absolute atomic E-state index is 0.700. The standard InChI is InChI=1S/C11H7NO2P/c13-15-11-9(5-7-14-15)4-3-8-2-1-6-12-10(8)11/h1-7H/q+1. The SMILES string of the molecule is O=[p+]1occc2ccc3cccnc3c21. The molecule has 0 saturated heterocycles. The van der Waals surface area contributed by atoms with Crippen molar-refractivity contribution in [2.75, 3.05) is 0 Å². The first kappa shape index (κ1) is 8.57. The molecule has 15 heavy (non-hydrogen) atoms. The van der Waals surface area contributed by atoms with Crippen molar-refractivity contribution in [3.05, 3.63) is 42.8 Å². The molecular weight excluding hydrogens is 209 g/mol. The molecule has 0 aliphatic heterocycles. The van der Waals surface area contributed by atoms with Crippen LogP contribution in [0.4, 0.5) is 0 Å². The van der Waals surface area contributed by atoms with Crippen LogP contribution in [0.15, 0.2) is 47.0 Å². The summed E-state index contributed by atoms with van der Waals surface area (Å²) in [5, 5.41) is 2.61. The number of aromatic nitrogens is 1. The zero-order valence-electron chi connectivity index (χ0n) is 7.75. The van der Waals surface area contributed by atoms with Crippen LogP contribution in [-0.4, -0.2) is 4.98 Å². The third-order valence-electron chi connectivity index (χ3n) is 2.37. The Kier molecular flexibility index (Phi) is 1.79. The lowest BCUT2D eigenvalue weighted by molar-refractivity contribution is 0.551. The van der Waals surface area contributed by atoms with E-state index in [-0.39, 0.29) is 0 Å². The van der Waals surface area contributed by atoms with E-state index in [4.69, 9.17) is 4.20 Å². The minimum Gasteiger partial charge on any atom is -0.258 e. The molecule has 0 aliphatic carbocycles. The molecule has 0 aliphatic rings. The highest BCUT2D eigenvalue weighted by atomic mass is 31.1. The van der Waals surface area contributed by atoms with Gasteiger partial charge in [0.15, 0.2) is 6.26 Å². The maximum atomic E-state index is 11.7. The molecule has 3 nitrogen and oxygen atoms in total. The van der Waals surface area contributed by atoms with Crippen LogP contribution in [0, 0.1) is 0 Å². The summed E-state index contributed by atoms with van der Waals surface area (Å²) in [5.74, 6) is 0. The topological polar surface area (TPSA) is 43.1 Å². The molecule has 72 valence electrons. The summed E-state index contributed by atoms with van der Waals surface area (Å²) in [4.78, 5) is 4.25. The lowest BCUT2D eigenvalue weighted by atomic mass is 10.2. The van der Waals surface area contributed by atoms with Crippen LogP contribution >= 0.6 is 7.65 Å². The van der Waals surface area contributed by atoms with E-state index in [2.05, 4.69) is 4.98 Å². The fourth-order valence-corrected chi connectivity index (χ4v) is 2.68. The van der Waals surface area contributed by atoms with Gasteiger partial charge in [-0.15, -0.1) is 0 Å². The molecule has 1 aromatic carbocycles. The smallest absolute Gasteiger partial charge is 0.258 e. The van der Waals surface area contributed by atoms with Crippen molar-refractivity contribution in [2.45, 2.75) is 0 Å². The van der Waals surface area contributed by atoms with E-state index in [9.17, 15) is 4.57 Å². The van der Waals surface area contributed by atoms with E-state index < -0.39 is 7.65 Å². The predicted octanol–water partition coefficient (Wildman–Crippen LogP) is 3.72. The Bertz CT molecular complexity index is 705. The normalized spacial score (nSPS) is 12.1. The van der Waals surface area contributed by atoms with Crippen LogP contribution in [0.1, 0.15) is 0 Å². The van der Waals surface area contributed by atoms with Crippen molar-refractivity contribution >= 4 is 29.1 Å². The lowest BCUT2D eigenvalue weighted by Gasteiger charge is -1.94. The summed E-state index contributed by atoms with van der Waals surface area (Å²) in [5.41, 5.74) is 0.764. The van der Waals surface area contributed by atoms with Crippen LogP contribution in [0.25, 0.3) is 21.4 Å². The zero-order chi connectivity index (χ0) is 10.3. The molecule has 0 radical (unpaired) electrons. The summed E-state index contributed by atoms with van der Waals surface area (Å²) in [6, 6.07) is 9.53. The van der Waals surface area contributed by atoms with Crippen molar-refractivity contribution < 1.29 is 8.76 Å². The molecule has 1 unspecified atom stereocenters. The van der Waals surface area contributed by atoms with Gasteiger partial charge in [0.05, 0.1) is 0 Å². The number of nitrogens with zero attached hydrogens (tertiary/aromatic N) is 1. The fraction of sp³-hybridized carbons (Fsp3) is 0. The molecule has 0 saturated carbocycles. The Labute approximate surface area is 86.2 Å². The molecule has 3 rings (SSSR count). The van der Waals surface area contributed by atoms with E-state index in [0.717, 1.165) is 16.3 Å². The van der Waals surface area contributed by atoms with Gasteiger partial charge in [-0.25, -0.2) is 0 Å². The second-order valence-corrected chi connectivity index (χ2v) is 4.42. The van der Waals surface area contributed by atoms with Gasteiger partial charge in [-0.1, -0.05) is 12.1 Å². The van der Waals surface area contributed by atoms with Gasteiger partial charge in [0.1, 0.15) is 5.52 Å². The Morgan fingerprint density at radius 1 is 1.13 bits per heavy atom. The van der Waals surface area contributed by atoms with E-state index in [1.54, 1.807) is 12.3 Å². The third-order valence-corrected chi connectivity index (χ3v) is 3.51. The largest absolute Gasteiger partial charge is 0.599 e. The summed E-state index contributed by atoms with van der Waals surface area (Å²) in [7, 11) is -1.81. The number of benzene rings is 1. The zero-order valence-corrected chi connectivity index (χ0v) is 8.65. The molecule has 0 fully saturated rings. The summed E-state index contributed by atoms with van der Waals surface area (Å²) in [6.07, 6.45) is 3.17. The quantitative estimate of drug-likeness (QED) is 0.538. The Balaban J connectivity index is 2.70. The van der Waals surface area contributed by atoms with Crippen molar-refractivity contribution in [1.82, 2.24) is 4.98 Å². The molecule has 3 aromatic rings. The van der Waals surface area contributed by atoms with E-state index in [1.165, 1.54) is 6.26 Å². The third kappa shape index (κ3) is 1.24. The first-order valence-electron chi connectivity index (χ1n) is 4.54. The second kappa shape index (κ2) is 3.14. The van der Waals surface area contributed by atoms with Crippen molar-refractivity contribution in [1.29, 1.82) is 0 Å². The maximum absolute atomic E-state index is 11.7. The number of pyridine rings is 1. The summed E-state index contributed by atoms with van der Waals surface area (Å²) < 4.78 is 16.7. The van der Waals surface area contributed by atoms with E-state index in [0.29, 0.717) is 5.12 Å². The molecule has 0 amide bonds. The number of fused-ring (bicyclic) bond motifs is 3. The van der Waals surface area contributed by atoms with Gasteiger partial charge in [0.25, 0.3) is 5.12 Å². The van der Waals surface area contributed by atoms with Crippen LogP contribution in [0.3, 0.4) is 0 Å². The van der Waals surface area contributed by atoms with Gasteiger partial charge in [0, 0.05) is 17.0 Å². The van der Waals surface area contributed by atoms with Gasteiger partial charge < -0.3 is 0 Å². The Morgan fingerprint density at radius 3 is 2.93 bits per heavy atom. The predicted molar refractivity (Wildman–Crippen MR) is 59.1 cm³/mol. The van der Waals surface area contributed by atoms with Crippen LogP contribution < -0.4 is 0 Å². The second-order valence-electron chi connectivity index (χ2n) is 3.24. The van der Waals surface area contributed by atoms with Gasteiger partial charge in [-0.2, -0.15) is 0 Å². The number of hydrogen-bond donors (Lipinski definition) is 0. The van der Waals surface area contributed by atoms with Crippen molar-refractivity contribution in [3.63, 3.8) is 0 Å². The van der Waals surface area contributed by atoms with Gasteiger partial charge in [-0.3, -0.25) is 9.18 Å². The minimum atomic E-state index is -1.81. The maximum Gasteiger partial charge on any atom is 0.599 e. The molecule has 4 heteroatoms. The van der Waals surface area contributed by atoms with Crippen LogP contribution in [-0.2, 0) is 4.57 Å². The monoisotopic (exact) mass is 216 g/mol. The Morgan fingerprint density at radius 2 is 2.00 bits per heavy atom. The first-order valence-corrected chi connectivity index (χ1v) is 5.72. The van der Waals surface area contributed by atoms with E-state index >= 15 is 0 Å². The molecule has 1 atom stereocenters. The molecule has 0 bridgehead atoms. The molecule has 0 spiro atoms. The highest BCUT2D eigenvalue weighted by molar-refractivity contribution is 7.37. The molecule has 0 N–H and O–H groups in total. The highest BCUT2D eigenvalue weighted by Crippen LogP contribution is 2.32.